The van der Waals surface area contributed by atoms with Gasteiger partial charge in [-0.25, -0.2) is 0 Å². The van der Waals surface area contributed by atoms with Crippen molar-refractivity contribution in [3.8, 4) is 0 Å². The van der Waals surface area contributed by atoms with Crippen molar-refractivity contribution in [1.29, 1.82) is 0 Å². The summed E-state index contributed by atoms with van der Waals surface area (Å²) in [5.41, 5.74) is 2.28. The molecular formula is C22H40N2O. The van der Waals surface area contributed by atoms with Crippen molar-refractivity contribution in [3.05, 3.63) is 18.0 Å². The monoisotopic (exact) mass is 348 g/mol. The molecule has 0 atom stereocenters. The van der Waals surface area contributed by atoms with Gasteiger partial charge in [0.05, 0.1) is 11.4 Å². The number of carbonyl (C=O) groups is 1. The van der Waals surface area contributed by atoms with Gasteiger partial charge in [0.25, 0.3) is 0 Å². The lowest BCUT2D eigenvalue weighted by atomic mass is 9.89. The number of carbonyl (C=O) groups excluding carboxylic acids is 1. The molecule has 1 aromatic heterocycles. The Morgan fingerprint density at radius 3 is 1.92 bits per heavy atom. The van der Waals surface area contributed by atoms with Gasteiger partial charge in [-0.1, -0.05) is 78.6 Å². The lowest BCUT2D eigenvalue weighted by Gasteiger charge is -2.17. The summed E-state index contributed by atoms with van der Waals surface area (Å²) in [7, 11) is 1.90. The Bertz CT molecular complexity index is 471. The van der Waals surface area contributed by atoms with Crippen molar-refractivity contribution in [2.24, 2.45) is 12.5 Å². The fraction of sp³-hybridized carbons (Fsp3) is 0.773. The first kappa shape index (κ1) is 21.8. The van der Waals surface area contributed by atoms with Gasteiger partial charge >= 0.3 is 0 Å². The minimum atomic E-state index is 0.506. The van der Waals surface area contributed by atoms with Crippen LogP contribution in [0.2, 0.25) is 0 Å². The van der Waals surface area contributed by atoms with E-state index in [4.69, 9.17) is 0 Å². The van der Waals surface area contributed by atoms with E-state index in [1.807, 2.05) is 23.9 Å². The first-order valence-electron chi connectivity index (χ1n) is 10.3. The number of nitrogens with zero attached hydrogens (tertiary/aromatic N) is 1. The van der Waals surface area contributed by atoms with Crippen LogP contribution in [0, 0.1) is 5.41 Å². The fourth-order valence-corrected chi connectivity index (χ4v) is 3.22. The van der Waals surface area contributed by atoms with E-state index in [9.17, 15) is 4.79 Å². The summed E-state index contributed by atoms with van der Waals surface area (Å²) in [6, 6.07) is 1.91. The molecule has 1 aromatic rings. The molecule has 0 aliphatic rings. The van der Waals surface area contributed by atoms with Gasteiger partial charge in [-0.2, -0.15) is 0 Å². The molecule has 0 aliphatic carbocycles. The molecule has 25 heavy (non-hydrogen) atoms. The van der Waals surface area contributed by atoms with Crippen LogP contribution in [0.5, 0.6) is 0 Å². The van der Waals surface area contributed by atoms with Crippen LogP contribution in [-0.4, -0.2) is 17.4 Å². The fourth-order valence-electron chi connectivity index (χ4n) is 3.22. The molecule has 0 fully saturated rings. The summed E-state index contributed by atoms with van der Waals surface area (Å²) in [6.07, 6.45) is 17.9. The molecule has 0 amide bonds. The van der Waals surface area contributed by atoms with E-state index in [0.29, 0.717) is 5.41 Å². The summed E-state index contributed by atoms with van der Waals surface area (Å²) in [5, 5.41) is 3.40. The number of anilines is 1. The maximum absolute atomic E-state index is 10.8. The number of aldehydes is 1. The number of hydrogen-bond donors (Lipinski definition) is 1. The number of rotatable bonds is 14. The van der Waals surface area contributed by atoms with Crippen LogP contribution >= 0.6 is 0 Å². The van der Waals surface area contributed by atoms with Crippen LogP contribution in [0.15, 0.2) is 12.3 Å². The second kappa shape index (κ2) is 12.2. The van der Waals surface area contributed by atoms with Gasteiger partial charge in [0.15, 0.2) is 6.29 Å². The van der Waals surface area contributed by atoms with E-state index < -0.39 is 0 Å². The highest BCUT2D eigenvalue weighted by Gasteiger charge is 2.08. The van der Waals surface area contributed by atoms with Crippen molar-refractivity contribution in [2.45, 2.75) is 91.4 Å². The Balaban J connectivity index is 1.85. The topological polar surface area (TPSA) is 34.0 Å². The van der Waals surface area contributed by atoms with Gasteiger partial charge in [0.2, 0.25) is 0 Å². The molecule has 0 unspecified atom stereocenters. The standard InChI is InChI=1S/C22H40N2O/c1-22(2,3)15-13-11-9-7-5-6-8-10-12-14-16-23-20-17-21(19-25)24(4)18-20/h17-19,23H,5-16H2,1-4H3. The Morgan fingerprint density at radius 2 is 1.44 bits per heavy atom. The zero-order valence-corrected chi connectivity index (χ0v) is 17.1. The summed E-state index contributed by atoms with van der Waals surface area (Å²) in [4.78, 5) is 10.8. The molecule has 0 bridgehead atoms. The number of aromatic nitrogens is 1. The number of aryl methyl sites for hydroxylation is 1. The molecule has 144 valence electrons. The van der Waals surface area contributed by atoms with E-state index in [0.717, 1.165) is 24.2 Å². The first-order chi connectivity index (χ1) is 11.9. The van der Waals surface area contributed by atoms with Crippen LogP contribution < -0.4 is 5.32 Å². The largest absolute Gasteiger partial charge is 0.384 e. The zero-order chi connectivity index (χ0) is 18.5. The summed E-state index contributed by atoms with van der Waals surface area (Å²) < 4.78 is 1.86. The lowest BCUT2D eigenvalue weighted by molar-refractivity contribution is 0.111. The molecule has 0 aliphatic heterocycles. The van der Waals surface area contributed by atoms with E-state index >= 15 is 0 Å². The Hall–Kier alpha value is -1.25. The zero-order valence-electron chi connectivity index (χ0n) is 17.1. The highest BCUT2D eigenvalue weighted by atomic mass is 16.1. The number of nitrogens with one attached hydrogen (secondary N) is 1. The van der Waals surface area contributed by atoms with Crippen LogP contribution in [0.25, 0.3) is 0 Å². The van der Waals surface area contributed by atoms with Crippen molar-refractivity contribution in [2.75, 3.05) is 11.9 Å². The third kappa shape index (κ3) is 11.1. The molecule has 0 spiro atoms. The molecule has 0 aromatic carbocycles. The molecule has 0 saturated heterocycles. The van der Waals surface area contributed by atoms with Crippen LogP contribution in [0.4, 0.5) is 5.69 Å². The number of hydrogen-bond acceptors (Lipinski definition) is 2. The Labute approximate surface area is 155 Å². The molecule has 1 rings (SSSR count). The average Bonchev–Trinajstić information content (AvgIpc) is 2.90. The molecule has 1 N–H and O–H groups in total. The van der Waals surface area contributed by atoms with Crippen LogP contribution in [0.1, 0.15) is 102 Å². The second-order valence-electron chi connectivity index (χ2n) is 8.66. The highest BCUT2D eigenvalue weighted by molar-refractivity contribution is 5.75. The summed E-state index contributed by atoms with van der Waals surface area (Å²) in [6.45, 7) is 8.01. The van der Waals surface area contributed by atoms with Crippen molar-refractivity contribution in [3.63, 3.8) is 0 Å². The molecule has 1 heterocycles. The second-order valence-corrected chi connectivity index (χ2v) is 8.66. The molecule has 3 nitrogen and oxygen atoms in total. The third-order valence-electron chi connectivity index (χ3n) is 4.85. The van der Waals surface area contributed by atoms with Gasteiger partial charge in [0, 0.05) is 19.8 Å². The lowest BCUT2D eigenvalue weighted by Crippen LogP contribution is -2.03. The molecule has 3 heteroatoms. The van der Waals surface area contributed by atoms with Crippen molar-refractivity contribution >= 4 is 12.0 Å². The van der Waals surface area contributed by atoms with E-state index in [1.54, 1.807) is 0 Å². The maximum Gasteiger partial charge on any atom is 0.166 e. The average molecular weight is 349 g/mol. The number of unbranched alkanes of at least 4 members (excludes halogenated alkanes) is 9. The van der Waals surface area contributed by atoms with Crippen molar-refractivity contribution < 1.29 is 4.79 Å². The Morgan fingerprint density at radius 1 is 0.920 bits per heavy atom. The maximum atomic E-state index is 10.8. The van der Waals surface area contributed by atoms with Gasteiger partial charge in [0.1, 0.15) is 0 Å². The Kier molecular flexibility index (Phi) is 10.6. The van der Waals surface area contributed by atoms with E-state index in [2.05, 4.69) is 26.1 Å². The predicted octanol–water partition coefficient (Wildman–Crippen LogP) is 6.59. The smallest absolute Gasteiger partial charge is 0.166 e. The van der Waals surface area contributed by atoms with E-state index in [1.165, 1.54) is 70.6 Å². The quantitative estimate of drug-likeness (QED) is 0.304. The van der Waals surface area contributed by atoms with Gasteiger partial charge in [-0.05, 0) is 24.3 Å². The summed E-state index contributed by atoms with van der Waals surface area (Å²) >= 11 is 0. The minimum Gasteiger partial charge on any atom is -0.384 e. The minimum absolute atomic E-state index is 0.506. The molecular weight excluding hydrogens is 308 g/mol. The predicted molar refractivity (Wildman–Crippen MR) is 110 cm³/mol. The molecule has 0 radical (unpaired) electrons. The normalized spacial score (nSPS) is 11.7. The highest BCUT2D eigenvalue weighted by Crippen LogP contribution is 2.22. The summed E-state index contributed by atoms with van der Waals surface area (Å²) in [5.74, 6) is 0. The van der Waals surface area contributed by atoms with Crippen LogP contribution in [-0.2, 0) is 7.05 Å². The third-order valence-corrected chi connectivity index (χ3v) is 4.85. The van der Waals surface area contributed by atoms with Gasteiger partial charge < -0.3 is 9.88 Å². The molecule has 0 saturated carbocycles. The van der Waals surface area contributed by atoms with E-state index in [-0.39, 0.29) is 0 Å². The van der Waals surface area contributed by atoms with Crippen LogP contribution in [0.3, 0.4) is 0 Å². The van der Waals surface area contributed by atoms with Gasteiger partial charge in [-0.15, -0.1) is 0 Å². The SMILES string of the molecule is Cn1cc(NCCCCCCCCCCCCC(C)(C)C)cc1C=O. The van der Waals surface area contributed by atoms with Crippen molar-refractivity contribution in [1.82, 2.24) is 4.57 Å². The van der Waals surface area contributed by atoms with Gasteiger partial charge in [-0.3, -0.25) is 4.79 Å². The first-order valence-corrected chi connectivity index (χ1v) is 10.3.